The smallest absolute Gasteiger partial charge is 0.251 e. The van der Waals surface area contributed by atoms with Crippen LogP contribution in [0.2, 0.25) is 0 Å². The predicted molar refractivity (Wildman–Crippen MR) is 123 cm³/mol. The summed E-state index contributed by atoms with van der Waals surface area (Å²) in [4.78, 5) is 22.2. The number of halogens is 2. The standard InChI is InChI=1S/C25H22F2N4O2/c1-15-18(25(32)29-14-16-11-23(26)30-24(27)12-16)5-4-6-21(15)33-22-9-10-28-20-13-17(31(2)3)7-8-19(20)22/h4-13H,14H2,1-3H3,(H,29,32). The minimum Gasteiger partial charge on any atom is -0.456 e. The SMILES string of the molecule is Cc1c(Oc2ccnc3cc(N(C)C)ccc23)cccc1C(=O)NCc1cc(F)nc(F)c1. The fourth-order valence-corrected chi connectivity index (χ4v) is 3.46. The van der Waals surface area contributed by atoms with Crippen LogP contribution in [0.25, 0.3) is 10.9 Å². The fourth-order valence-electron chi connectivity index (χ4n) is 3.46. The minimum atomic E-state index is -0.937. The van der Waals surface area contributed by atoms with Crippen molar-refractivity contribution >= 4 is 22.5 Å². The molecule has 2 heterocycles. The van der Waals surface area contributed by atoms with Crippen molar-refractivity contribution in [1.29, 1.82) is 0 Å². The highest BCUT2D eigenvalue weighted by Gasteiger charge is 2.15. The van der Waals surface area contributed by atoms with Crippen molar-refractivity contribution in [2.75, 3.05) is 19.0 Å². The molecule has 1 amide bonds. The molecule has 0 atom stereocenters. The first-order chi connectivity index (χ1) is 15.8. The maximum absolute atomic E-state index is 13.3. The summed E-state index contributed by atoms with van der Waals surface area (Å²) in [7, 11) is 3.92. The van der Waals surface area contributed by atoms with E-state index in [2.05, 4.69) is 15.3 Å². The number of nitrogens with one attached hydrogen (secondary N) is 1. The molecule has 0 aliphatic heterocycles. The number of anilines is 1. The monoisotopic (exact) mass is 448 g/mol. The molecule has 0 radical (unpaired) electrons. The lowest BCUT2D eigenvalue weighted by Crippen LogP contribution is -2.24. The third-order valence-electron chi connectivity index (χ3n) is 5.23. The number of benzene rings is 2. The molecule has 0 bridgehead atoms. The summed E-state index contributed by atoms with van der Waals surface area (Å²) in [6.07, 6.45) is 1.68. The number of fused-ring (bicyclic) bond motifs is 1. The third-order valence-corrected chi connectivity index (χ3v) is 5.23. The van der Waals surface area contributed by atoms with Crippen molar-refractivity contribution in [1.82, 2.24) is 15.3 Å². The number of carbonyl (C=O) groups is 1. The average molecular weight is 448 g/mol. The van der Waals surface area contributed by atoms with Crippen LogP contribution in [0.5, 0.6) is 11.5 Å². The van der Waals surface area contributed by atoms with Crippen molar-refractivity contribution < 1.29 is 18.3 Å². The zero-order chi connectivity index (χ0) is 23.5. The lowest BCUT2D eigenvalue weighted by Gasteiger charge is -2.16. The normalized spacial score (nSPS) is 10.8. The van der Waals surface area contributed by atoms with Crippen molar-refractivity contribution in [2.24, 2.45) is 0 Å². The Morgan fingerprint density at radius 1 is 1.03 bits per heavy atom. The summed E-state index contributed by atoms with van der Waals surface area (Å²) in [6.45, 7) is 1.74. The highest BCUT2D eigenvalue weighted by atomic mass is 19.1. The second-order valence-corrected chi connectivity index (χ2v) is 7.74. The quantitative estimate of drug-likeness (QED) is 0.420. The van der Waals surface area contributed by atoms with E-state index in [1.807, 2.05) is 37.2 Å². The van der Waals surface area contributed by atoms with Crippen LogP contribution >= 0.6 is 0 Å². The van der Waals surface area contributed by atoms with Crippen LogP contribution in [-0.4, -0.2) is 30.0 Å². The van der Waals surface area contributed by atoms with Gasteiger partial charge in [-0.1, -0.05) is 6.07 Å². The topological polar surface area (TPSA) is 67.3 Å². The Hall–Kier alpha value is -4.07. The first-order valence-corrected chi connectivity index (χ1v) is 10.3. The summed E-state index contributed by atoms with van der Waals surface area (Å²) in [5.74, 6) is -1.12. The molecule has 0 saturated heterocycles. The number of nitrogens with zero attached hydrogens (tertiary/aromatic N) is 3. The summed E-state index contributed by atoms with van der Waals surface area (Å²) >= 11 is 0. The first kappa shape index (κ1) is 22.1. The maximum Gasteiger partial charge on any atom is 0.251 e. The summed E-state index contributed by atoms with van der Waals surface area (Å²) in [5.41, 5.74) is 3.13. The molecule has 1 N–H and O–H groups in total. The van der Waals surface area contributed by atoms with Crippen LogP contribution < -0.4 is 15.0 Å². The van der Waals surface area contributed by atoms with Gasteiger partial charge in [-0.25, -0.2) is 0 Å². The lowest BCUT2D eigenvalue weighted by molar-refractivity contribution is 0.0949. The molecule has 0 aliphatic carbocycles. The van der Waals surface area contributed by atoms with E-state index in [9.17, 15) is 13.6 Å². The zero-order valence-electron chi connectivity index (χ0n) is 18.4. The average Bonchev–Trinajstić information content (AvgIpc) is 2.78. The van der Waals surface area contributed by atoms with Crippen LogP contribution in [0.1, 0.15) is 21.5 Å². The molecule has 0 aliphatic rings. The largest absolute Gasteiger partial charge is 0.456 e. The summed E-state index contributed by atoms with van der Waals surface area (Å²) in [6, 6.07) is 15.0. The second-order valence-electron chi connectivity index (χ2n) is 7.74. The number of rotatable bonds is 6. The lowest BCUT2D eigenvalue weighted by atomic mass is 10.1. The van der Waals surface area contributed by atoms with Gasteiger partial charge in [-0.2, -0.15) is 13.8 Å². The highest BCUT2D eigenvalue weighted by molar-refractivity contribution is 5.96. The molecule has 0 saturated carbocycles. The van der Waals surface area contributed by atoms with E-state index in [0.717, 1.165) is 28.7 Å². The molecule has 6 nitrogen and oxygen atoms in total. The minimum absolute atomic E-state index is 0.0388. The van der Waals surface area contributed by atoms with Gasteiger partial charge in [0.25, 0.3) is 5.91 Å². The van der Waals surface area contributed by atoms with Gasteiger partial charge in [-0.15, -0.1) is 0 Å². The van der Waals surface area contributed by atoms with Crippen LogP contribution in [0, 0.1) is 18.8 Å². The van der Waals surface area contributed by atoms with Gasteiger partial charge in [-0.3, -0.25) is 9.78 Å². The summed E-state index contributed by atoms with van der Waals surface area (Å²) in [5, 5.41) is 3.52. The molecule has 168 valence electrons. The number of hydrogen-bond donors (Lipinski definition) is 1. The van der Waals surface area contributed by atoms with E-state index < -0.39 is 11.9 Å². The van der Waals surface area contributed by atoms with Crippen LogP contribution in [-0.2, 0) is 6.54 Å². The number of hydrogen-bond acceptors (Lipinski definition) is 5. The van der Waals surface area contributed by atoms with Crippen molar-refractivity contribution in [2.45, 2.75) is 13.5 Å². The van der Waals surface area contributed by atoms with E-state index in [-0.39, 0.29) is 18.0 Å². The molecular formula is C25H22F2N4O2. The van der Waals surface area contributed by atoms with Gasteiger partial charge >= 0.3 is 0 Å². The van der Waals surface area contributed by atoms with Gasteiger partial charge in [0.2, 0.25) is 11.9 Å². The molecule has 4 rings (SSSR count). The van der Waals surface area contributed by atoms with Crippen LogP contribution in [0.4, 0.5) is 14.5 Å². The fraction of sp³-hybridized carbons (Fsp3) is 0.160. The van der Waals surface area contributed by atoms with Gasteiger partial charge < -0.3 is 15.0 Å². The number of aromatic nitrogens is 2. The van der Waals surface area contributed by atoms with E-state index in [1.165, 1.54) is 0 Å². The Kier molecular flexibility index (Phi) is 6.17. The Labute approximate surface area is 189 Å². The van der Waals surface area contributed by atoms with E-state index in [1.54, 1.807) is 37.4 Å². The zero-order valence-corrected chi connectivity index (χ0v) is 18.4. The van der Waals surface area contributed by atoms with Gasteiger partial charge in [0.05, 0.1) is 5.52 Å². The van der Waals surface area contributed by atoms with Gasteiger partial charge in [-0.05, 0) is 61.0 Å². The Balaban J connectivity index is 1.56. The first-order valence-electron chi connectivity index (χ1n) is 10.3. The van der Waals surface area contributed by atoms with Crippen LogP contribution in [0.3, 0.4) is 0 Å². The summed E-state index contributed by atoms with van der Waals surface area (Å²) < 4.78 is 32.7. The van der Waals surface area contributed by atoms with E-state index in [0.29, 0.717) is 22.6 Å². The van der Waals surface area contributed by atoms with Crippen LogP contribution in [0.15, 0.2) is 60.8 Å². The van der Waals surface area contributed by atoms with Crippen molar-refractivity contribution in [3.05, 3.63) is 89.4 Å². The number of amides is 1. The molecule has 0 unspecified atom stereocenters. The Morgan fingerprint density at radius 2 is 1.79 bits per heavy atom. The van der Waals surface area contributed by atoms with Crippen molar-refractivity contribution in [3.63, 3.8) is 0 Å². The maximum atomic E-state index is 13.3. The molecule has 4 aromatic rings. The Bertz CT molecular complexity index is 1320. The van der Waals surface area contributed by atoms with E-state index in [4.69, 9.17) is 4.74 Å². The molecule has 0 spiro atoms. The third kappa shape index (κ3) is 4.90. The van der Waals surface area contributed by atoms with Gasteiger partial charge in [0.15, 0.2) is 0 Å². The molecule has 2 aromatic heterocycles. The molecule has 8 heteroatoms. The highest BCUT2D eigenvalue weighted by Crippen LogP contribution is 2.33. The molecule has 33 heavy (non-hydrogen) atoms. The van der Waals surface area contributed by atoms with E-state index >= 15 is 0 Å². The van der Waals surface area contributed by atoms with Crippen molar-refractivity contribution in [3.8, 4) is 11.5 Å². The molecule has 0 fully saturated rings. The number of carbonyl (C=O) groups excluding carboxylic acids is 1. The predicted octanol–water partition coefficient (Wildman–Crippen LogP) is 5.00. The Morgan fingerprint density at radius 3 is 2.52 bits per heavy atom. The molecular weight excluding hydrogens is 426 g/mol. The van der Waals surface area contributed by atoms with Gasteiger partial charge in [0, 0.05) is 49.0 Å². The number of ether oxygens (including phenoxy) is 1. The molecule has 2 aromatic carbocycles. The second kappa shape index (κ2) is 9.20. The number of pyridine rings is 2. The van der Waals surface area contributed by atoms with Gasteiger partial charge in [0.1, 0.15) is 11.5 Å².